The van der Waals surface area contributed by atoms with Crippen LogP contribution in [0.4, 0.5) is 4.79 Å². The monoisotopic (exact) mass is 319 g/mol. The number of hydrogen-bond donors (Lipinski definition) is 1. The number of aryl methyl sites for hydroxylation is 2. The third-order valence-electron chi connectivity index (χ3n) is 4.76. The van der Waals surface area contributed by atoms with Crippen LogP contribution in [0.25, 0.3) is 0 Å². The van der Waals surface area contributed by atoms with Gasteiger partial charge in [-0.15, -0.1) is 0 Å². The van der Waals surface area contributed by atoms with Gasteiger partial charge in [-0.05, 0) is 45.2 Å². The van der Waals surface area contributed by atoms with E-state index in [-0.39, 0.29) is 18.0 Å². The highest BCUT2D eigenvalue weighted by molar-refractivity contribution is 6.07. The van der Waals surface area contributed by atoms with E-state index in [0.717, 1.165) is 25.9 Å². The zero-order valence-electron chi connectivity index (χ0n) is 14.1. The Hall–Kier alpha value is -1.89. The Labute approximate surface area is 136 Å². The molecule has 1 aromatic heterocycles. The number of nitrogens with one attached hydrogen (secondary N) is 1. The smallest absolute Gasteiger partial charge is 0.322 e. The van der Waals surface area contributed by atoms with Crippen molar-refractivity contribution in [3.8, 4) is 0 Å². The molecule has 1 atom stereocenters. The van der Waals surface area contributed by atoms with E-state index in [1.54, 1.807) is 0 Å². The molecular formula is C16H25N5O2. The summed E-state index contributed by atoms with van der Waals surface area (Å²) in [6.07, 6.45) is 6.64. The third-order valence-corrected chi connectivity index (χ3v) is 4.76. The maximum absolute atomic E-state index is 12.6. The summed E-state index contributed by atoms with van der Waals surface area (Å²) < 4.78 is 1.81. The van der Waals surface area contributed by atoms with Gasteiger partial charge in [-0.2, -0.15) is 5.10 Å². The molecule has 2 aliphatic heterocycles. The summed E-state index contributed by atoms with van der Waals surface area (Å²) in [7, 11) is 1.92. The largest absolute Gasteiger partial charge is 0.325 e. The average molecular weight is 319 g/mol. The van der Waals surface area contributed by atoms with E-state index in [4.69, 9.17) is 0 Å². The van der Waals surface area contributed by atoms with Crippen LogP contribution in [-0.2, 0) is 18.3 Å². The van der Waals surface area contributed by atoms with E-state index in [0.29, 0.717) is 13.0 Å². The molecule has 0 saturated carbocycles. The zero-order chi connectivity index (χ0) is 16.6. The van der Waals surface area contributed by atoms with Gasteiger partial charge in [0.05, 0.1) is 6.20 Å². The van der Waals surface area contributed by atoms with Crippen molar-refractivity contribution in [2.24, 2.45) is 7.05 Å². The number of nitrogens with zero attached hydrogens (tertiary/aromatic N) is 4. The normalized spacial score (nSPS) is 25.1. The number of carbonyl (C=O) groups excluding carboxylic acids is 2. The number of imide groups is 1. The number of rotatable bonds is 5. The average Bonchev–Trinajstić information content (AvgIpc) is 3.12. The van der Waals surface area contributed by atoms with Crippen molar-refractivity contribution in [2.75, 3.05) is 19.6 Å². The minimum Gasteiger partial charge on any atom is -0.322 e. The zero-order valence-corrected chi connectivity index (χ0v) is 14.1. The van der Waals surface area contributed by atoms with Crippen molar-refractivity contribution in [1.29, 1.82) is 0 Å². The number of likely N-dealkylation sites (tertiary alicyclic amines) is 1. The van der Waals surface area contributed by atoms with Gasteiger partial charge in [-0.25, -0.2) is 4.79 Å². The second-order valence-corrected chi connectivity index (χ2v) is 6.93. The van der Waals surface area contributed by atoms with Crippen LogP contribution in [0.1, 0.15) is 32.3 Å². The van der Waals surface area contributed by atoms with Crippen molar-refractivity contribution in [3.63, 3.8) is 0 Å². The SMILES string of the molecule is CC(C)N1C(=O)NC2(CCN(CCCc3cnn(C)c3)C2)C1=O. The standard InChI is InChI=1S/C16H25N5O2/c1-12(2)21-14(22)16(18-15(21)23)6-8-20(11-16)7-4-5-13-9-17-19(3)10-13/h9-10,12H,4-8,11H2,1-3H3,(H,18,23). The molecule has 3 rings (SSSR count). The molecule has 3 heterocycles. The molecule has 0 radical (unpaired) electrons. The predicted octanol–water partition coefficient (Wildman–Crippen LogP) is 0.757. The van der Waals surface area contributed by atoms with Gasteiger partial charge in [-0.1, -0.05) is 0 Å². The Bertz CT molecular complexity index is 611. The molecular weight excluding hydrogens is 294 g/mol. The molecule has 1 unspecified atom stereocenters. The molecule has 0 aromatic carbocycles. The fraction of sp³-hybridized carbons (Fsp3) is 0.688. The van der Waals surface area contributed by atoms with Crippen LogP contribution in [0.5, 0.6) is 0 Å². The Balaban J connectivity index is 1.54. The summed E-state index contributed by atoms with van der Waals surface area (Å²) in [6.45, 7) is 6.15. The number of amides is 3. The maximum atomic E-state index is 12.6. The molecule has 2 fully saturated rings. The van der Waals surface area contributed by atoms with Crippen molar-refractivity contribution in [1.82, 2.24) is 24.9 Å². The third kappa shape index (κ3) is 2.97. The molecule has 3 amide bonds. The molecule has 2 saturated heterocycles. The molecule has 23 heavy (non-hydrogen) atoms. The first-order chi connectivity index (χ1) is 10.9. The fourth-order valence-electron chi connectivity index (χ4n) is 3.57. The number of urea groups is 1. The minimum atomic E-state index is -0.699. The van der Waals surface area contributed by atoms with E-state index in [1.165, 1.54) is 10.5 Å². The first kappa shape index (κ1) is 16.0. The van der Waals surface area contributed by atoms with Gasteiger partial charge in [-0.3, -0.25) is 14.4 Å². The second-order valence-electron chi connectivity index (χ2n) is 6.93. The fourth-order valence-corrected chi connectivity index (χ4v) is 3.57. The molecule has 1 N–H and O–H groups in total. The lowest BCUT2D eigenvalue weighted by Crippen LogP contribution is -2.49. The first-order valence-corrected chi connectivity index (χ1v) is 8.27. The summed E-state index contributed by atoms with van der Waals surface area (Å²) in [6, 6.07) is -0.344. The van der Waals surface area contributed by atoms with Crippen LogP contribution in [0, 0.1) is 0 Å². The Morgan fingerprint density at radius 2 is 2.17 bits per heavy atom. The van der Waals surface area contributed by atoms with Gasteiger partial charge in [0.25, 0.3) is 5.91 Å². The first-order valence-electron chi connectivity index (χ1n) is 8.27. The van der Waals surface area contributed by atoms with Gasteiger partial charge in [0.1, 0.15) is 5.54 Å². The van der Waals surface area contributed by atoms with Crippen LogP contribution in [0.2, 0.25) is 0 Å². The summed E-state index contributed by atoms with van der Waals surface area (Å²) in [4.78, 5) is 28.3. The van der Waals surface area contributed by atoms with E-state index < -0.39 is 5.54 Å². The lowest BCUT2D eigenvalue weighted by molar-refractivity contribution is -0.132. The Morgan fingerprint density at radius 1 is 1.39 bits per heavy atom. The summed E-state index contributed by atoms with van der Waals surface area (Å²) in [5.74, 6) is -0.0627. The Kier molecular flexibility index (Phi) is 4.14. The molecule has 0 aliphatic carbocycles. The topological polar surface area (TPSA) is 70.5 Å². The van der Waals surface area contributed by atoms with Gasteiger partial charge < -0.3 is 10.2 Å². The molecule has 7 nitrogen and oxygen atoms in total. The van der Waals surface area contributed by atoms with E-state index in [2.05, 4.69) is 15.3 Å². The lowest BCUT2D eigenvalue weighted by atomic mass is 9.98. The van der Waals surface area contributed by atoms with Crippen molar-refractivity contribution < 1.29 is 9.59 Å². The summed E-state index contributed by atoms with van der Waals surface area (Å²) >= 11 is 0. The van der Waals surface area contributed by atoms with Crippen LogP contribution >= 0.6 is 0 Å². The number of carbonyl (C=O) groups is 2. The highest BCUT2D eigenvalue weighted by Gasteiger charge is 2.54. The van der Waals surface area contributed by atoms with Gasteiger partial charge >= 0.3 is 6.03 Å². The van der Waals surface area contributed by atoms with Gasteiger partial charge in [0.15, 0.2) is 0 Å². The molecule has 0 bridgehead atoms. The lowest BCUT2D eigenvalue weighted by Gasteiger charge is -2.23. The van der Waals surface area contributed by atoms with Gasteiger partial charge in [0.2, 0.25) is 0 Å². The van der Waals surface area contributed by atoms with Crippen molar-refractivity contribution in [2.45, 2.75) is 44.7 Å². The van der Waals surface area contributed by atoms with Crippen LogP contribution in [0.15, 0.2) is 12.4 Å². The molecule has 1 aromatic rings. The predicted molar refractivity (Wildman–Crippen MR) is 85.8 cm³/mol. The van der Waals surface area contributed by atoms with Crippen molar-refractivity contribution in [3.05, 3.63) is 18.0 Å². The van der Waals surface area contributed by atoms with Crippen LogP contribution in [0.3, 0.4) is 0 Å². The highest BCUT2D eigenvalue weighted by Crippen LogP contribution is 2.29. The number of hydrogen-bond acceptors (Lipinski definition) is 4. The second kappa shape index (κ2) is 5.96. The summed E-state index contributed by atoms with van der Waals surface area (Å²) in [5.41, 5.74) is 0.535. The van der Waals surface area contributed by atoms with E-state index in [9.17, 15) is 9.59 Å². The summed E-state index contributed by atoms with van der Waals surface area (Å²) in [5, 5.41) is 7.11. The molecule has 7 heteroatoms. The molecule has 126 valence electrons. The van der Waals surface area contributed by atoms with Crippen LogP contribution < -0.4 is 5.32 Å². The minimum absolute atomic E-state index is 0.0627. The number of aromatic nitrogens is 2. The molecule has 1 spiro atoms. The van der Waals surface area contributed by atoms with Gasteiger partial charge in [0, 0.05) is 32.4 Å². The Morgan fingerprint density at radius 3 is 2.78 bits per heavy atom. The molecule has 2 aliphatic rings. The van der Waals surface area contributed by atoms with Crippen molar-refractivity contribution >= 4 is 11.9 Å². The van der Waals surface area contributed by atoms with E-state index in [1.807, 2.05) is 38.0 Å². The quantitative estimate of drug-likeness (QED) is 0.814. The van der Waals surface area contributed by atoms with E-state index >= 15 is 0 Å². The van der Waals surface area contributed by atoms with Crippen LogP contribution in [-0.4, -0.2) is 62.7 Å². The highest BCUT2D eigenvalue weighted by atomic mass is 16.2. The maximum Gasteiger partial charge on any atom is 0.325 e.